The van der Waals surface area contributed by atoms with Gasteiger partial charge in [0.25, 0.3) is 11.8 Å². The highest BCUT2D eigenvalue weighted by Crippen LogP contribution is 2.62. The molecule has 2 aliphatic heterocycles. The number of benzene rings is 1. The third-order valence-electron chi connectivity index (χ3n) is 7.93. The number of hydrogen-bond donors (Lipinski definition) is 2. The molecule has 1 unspecified atom stereocenters. The number of nitrogens with one attached hydrogen (secondary N) is 1. The van der Waals surface area contributed by atoms with Crippen LogP contribution in [0, 0.1) is 29.4 Å². The molecule has 2 N–H and O–H groups in total. The molecule has 4 aliphatic rings. The van der Waals surface area contributed by atoms with Gasteiger partial charge in [0.15, 0.2) is 17.7 Å². The van der Waals surface area contributed by atoms with Crippen LogP contribution in [-0.4, -0.2) is 44.8 Å². The van der Waals surface area contributed by atoms with Gasteiger partial charge < -0.3 is 24.6 Å². The fraction of sp³-hybridized carbons (Fsp3) is 0.458. The molecule has 2 bridgehead atoms. The molecular weight excluding hydrogens is 448 g/mol. The zero-order valence-electron chi connectivity index (χ0n) is 18.5. The number of fused-ring (bicyclic) bond motifs is 8. The number of halogens is 2. The number of pyridine rings is 1. The minimum atomic E-state index is -0.984. The molecule has 3 fully saturated rings. The molecule has 2 aromatic rings. The van der Waals surface area contributed by atoms with Gasteiger partial charge in [-0.2, -0.15) is 0 Å². The Kier molecular flexibility index (Phi) is 4.45. The maximum atomic E-state index is 14.1. The third kappa shape index (κ3) is 2.87. The molecule has 3 heterocycles. The summed E-state index contributed by atoms with van der Waals surface area (Å²) in [5, 5.41) is 13.2. The van der Waals surface area contributed by atoms with E-state index in [1.807, 2.05) is 0 Å². The molecule has 1 aromatic heterocycles. The van der Waals surface area contributed by atoms with Crippen LogP contribution in [-0.2, 0) is 11.3 Å². The van der Waals surface area contributed by atoms with Crippen molar-refractivity contribution in [2.45, 2.75) is 51.2 Å². The molecule has 7 atom stereocenters. The molecule has 6 rings (SSSR count). The van der Waals surface area contributed by atoms with Crippen molar-refractivity contribution < 1.29 is 28.2 Å². The molecule has 1 aromatic carbocycles. The summed E-state index contributed by atoms with van der Waals surface area (Å²) in [6, 6.07) is 2.13. The van der Waals surface area contributed by atoms with E-state index in [-0.39, 0.29) is 35.5 Å². The molecule has 0 radical (unpaired) electrons. The summed E-state index contributed by atoms with van der Waals surface area (Å²) < 4.78 is 34.9. The van der Waals surface area contributed by atoms with Crippen molar-refractivity contribution in [2.24, 2.45) is 17.8 Å². The van der Waals surface area contributed by atoms with Crippen LogP contribution in [0.4, 0.5) is 8.78 Å². The Hall–Kier alpha value is -3.27. The number of ether oxygens (including phenoxy) is 1. The van der Waals surface area contributed by atoms with Crippen LogP contribution in [0.5, 0.6) is 5.75 Å². The highest BCUT2D eigenvalue weighted by Gasteiger charge is 2.67. The zero-order valence-corrected chi connectivity index (χ0v) is 18.5. The van der Waals surface area contributed by atoms with Gasteiger partial charge in [-0.1, -0.05) is 13.0 Å². The fourth-order valence-corrected chi connectivity index (χ4v) is 6.29. The van der Waals surface area contributed by atoms with Crippen molar-refractivity contribution in [1.29, 1.82) is 0 Å². The Morgan fingerprint density at radius 2 is 2.03 bits per heavy atom. The second-order valence-corrected chi connectivity index (χ2v) is 9.74. The summed E-state index contributed by atoms with van der Waals surface area (Å²) in [6.07, 6.45) is 1.54. The highest BCUT2D eigenvalue weighted by atomic mass is 19.1. The Labute approximate surface area is 193 Å². The second kappa shape index (κ2) is 7.11. The van der Waals surface area contributed by atoms with E-state index in [2.05, 4.69) is 12.2 Å². The quantitative estimate of drug-likeness (QED) is 0.715. The first-order chi connectivity index (χ1) is 16.2. The van der Waals surface area contributed by atoms with E-state index in [4.69, 9.17) is 4.74 Å². The van der Waals surface area contributed by atoms with Crippen molar-refractivity contribution in [3.8, 4) is 5.75 Å². The number of aromatic hydroxyl groups is 1. The summed E-state index contributed by atoms with van der Waals surface area (Å²) in [5.74, 6) is -2.43. The number of hydrogen-bond acceptors (Lipinski definition) is 5. The number of nitrogens with zero attached hydrogens (tertiary/aromatic N) is 2. The number of rotatable bonds is 3. The van der Waals surface area contributed by atoms with Crippen molar-refractivity contribution >= 4 is 11.8 Å². The lowest BCUT2D eigenvalue weighted by Gasteiger charge is -2.46. The first-order valence-corrected chi connectivity index (χ1v) is 11.4. The van der Waals surface area contributed by atoms with Gasteiger partial charge in [-0.3, -0.25) is 14.4 Å². The predicted octanol–water partition coefficient (Wildman–Crippen LogP) is 2.16. The summed E-state index contributed by atoms with van der Waals surface area (Å²) in [5.41, 5.74) is -1.48. The lowest BCUT2D eigenvalue weighted by atomic mass is 10.00. The Morgan fingerprint density at radius 1 is 1.26 bits per heavy atom. The maximum absolute atomic E-state index is 14.1. The molecular formula is C24H23F2N3O5. The molecule has 0 spiro atoms. The lowest BCUT2D eigenvalue weighted by Crippen LogP contribution is -2.58. The lowest BCUT2D eigenvalue weighted by molar-refractivity contribution is -0.147. The van der Waals surface area contributed by atoms with Gasteiger partial charge in [0.1, 0.15) is 17.2 Å². The van der Waals surface area contributed by atoms with Crippen molar-refractivity contribution in [3.05, 3.63) is 63.1 Å². The Balaban J connectivity index is 1.31. The number of carbonyl (C=O) groups excluding carboxylic acids is 2. The minimum Gasteiger partial charge on any atom is -0.503 e. The van der Waals surface area contributed by atoms with Gasteiger partial charge in [-0.15, -0.1) is 0 Å². The van der Waals surface area contributed by atoms with Crippen LogP contribution < -0.4 is 10.7 Å². The number of amides is 2. The number of carbonyl (C=O) groups is 2. The Bertz CT molecular complexity index is 1310. The van der Waals surface area contributed by atoms with Gasteiger partial charge in [0, 0.05) is 23.9 Å². The molecule has 178 valence electrons. The summed E-state index contributed by atoms with van der Waals surface area (Å²) in [7, 11) is 0. The van der Waals surface area contributed by atoms with Crippen LogP contribution in [0.15, 0.2) is 29.2 Å². The van der Waals surface area contributed by atoms with Crippen molar-refractivity contribution in [1.82, 2.24) is 14.8 Å². The average Bonchev–Trinajstić information content (AvgIpc) is 3.35. The van der Waals surface area contributed by atoms with E-state index in [0.29, 0.717) is 23.8 Å². The van der Waals surface area contributed by atoms with Crippen LogP contribution in [0.25, 0.3) is 0 Å². The predicted molar refractivity (Wildman–Crippen MR) is 114 cm³/mol. The third-order valence-corrected chi connectivity index (χ3v) is 7.93. The van der Waals surface area contributed by atoms with E-state index < -0.39 is 46.9 Å². The van der Waals surface area contributed by atoms with Gasteiger partial charge in [0.05, 0.1) is 18.7 Å². The van der Waals surface area contributed by atoms with E-state index in [1.54, 1.807) is 4.90 Å². The summed E-state index contributed by atoms with van der Waals surface area (Å²) in [4.78, 5) is 40.7. The maximum Gasteiger partial charge on any atom is 0.276 e. The normalized spacial score (nSPS) is 31.4. The van der Waals surface area contributed by atoms with Crippen molar-refractivity contribution in [2.75, 3.05) is 0 Å². The molecule has 1 saturated heterocycles. The first kappa shape index (κ1) is 21.3. The topological polar surface area (TPSA) is 101 Å². The largest absolute Gasteiger partial charge is 0.503 e. The molecule has 2 amide bonds. The van der Waals surface area contributed by atoms with Crippen molar-refractivity contribution in [3.63, 3.8) is 0 Å². The molecule has 10 heteroatoms. The van der Waals surface area contributed by atoms with Gasteiger partial charge in [-0.25, -0.2) is 8.78 Å². The smallest absolute Gasteiger partial charge is 0.276 e. The monoisotopic (exact) mass is 471 g/mol. The second-order valence-electron chi connectivity index (χ2n) is 9.74. The molecule has 8 nitrogen and oxygen atoms in total. The molecule has 34 heavy (non-hydrogen) atoms. The van der Waals surface area contributed by atoms with Crippen LogP contribution >= 0.6 is 0 Å². The van der Waals surface area contributed by atoms with E-state index in [0.717, 1.165) is 12.5 Å². The van der Waals surface area contributed by atoms with E-state index in [1.165, 1.54) is 23.8 Å². The average molecular weight is 471 g/mol. The number of aromatic nitrogens is 1. The van der Waals surface area contributed by atoms with Crippen LogP contribution in [0.3, 0.4) is 0 Å². The van der Waals surface area contributed by atoms with Gasteiger partial charge >= 0.3 is 0 Å². The first-order valence-electron chi connectivity index (χ1n) is 11.4. The van der Waals surface area contributed by atoms with Crippen LogP contribution in [0.1, 0.15) is 52.7 Å². The zero-order chi connectivity index (χ0) is 24.0. The SMILES string of the molecule is C[C@@H]1[C@@H]2C3C[C@@H](O[C@H]4Cn5cc(C(=O)N[C@H](C)c6ccc(F)cc6F)c(=O)c(O)c5C(=O)N34)[C@H]12. The molecule has 2 saturated carbocycles. The summed E-state index contributed by atoms with van der Waals surface area (Å²) in [6.45, 7) is 3.81. The van der Waals surface area contributed by atoms with Crippen LogP contribution in [0.2, 0.25) is 0 Å². The minimum absolute atomic E-state index is 0.0222. The van der Waals surface area contributed by atoms with E-state index in [9.17, 15) is 28.3 Å². The Morgan fingerprint density at radius 3 is 2.76 bits per heavy atom. The highest BCUT2D eigenvalue weighted by molar-refractivity contribution is 5.99. The summed E-state index contributed by atoms with van der Waals surface area (Å²) >= 11 is 0. The van der Waals surface area contributed by atoms with Gasteiger partial charge in [0.2, 0.25) is 5.43 Å². The van der Waals surface area contributed by atoms with Gasteiger partial charge in [-0.05, 0) is 37.2 Å². The standard InChI is InChI=1S/C24H23F2N3O5/c1-9-18-15-6-16(19(9)18)34-17-8-28-7-13(21(30)22(31)20(28)24(33)29(15)17)23(32)27-10(2)12-4-3-11(25)5-14(12)26/h3-5,7,9-10,15-19,31H,6,8H2,1-2H3,(H,27,32)/t9-,10-,15?,16-,17+,18-,19+/m1/s1. The van der Waals surface area contributed by atoms with E-state index >= 15 is 0 Å². The molecule has 2 aliphatic carbocycles. The fourth-order valence-electron chi connectivity index (χ4n) is 6.29.